The van der Waals surface area contributed by atoms with Crippen molar-refractivity contribution in [2.24, 2.45) is 0 Å². The molecule has 0 aliphatic carbocycles. The van der Waals surface area contributed by atoms with E-state index in [1.165, 1.54) is 24.3 Å². The summed E-state index contributed by atoms with van der Waals surface area (Å²) in [4.78, 5) is 8.22. The molecule has 0 aliphatic heterocycles. The van der Waals surface area contributed by atoms with Crippen molar-refractivity contribution in [3.05, 3.63) is 57.7 Å². The summed E-state index contributed by atoms with van der Waals surface area (Å²) >= 11 is 12.1. The first-order chi connectivity index (χ1) is 9.95. The summed E-state index contributed by atoms with van der Waals surface area (Å²) in [6.45, 7) is 1.74. The van der Waals surface area contributed by atoms with Crippen LogP contribution in [0.4, 0.5) is 8.78 Å². The van der Waals surface area contributed by atoms with Gasteiger partial charge in [-0.25, -0.2) is 18.7 Å². The molecule has 0 fully saturated rings. The van der Waals surface area contributed by atoms with Crippen LogP contribution in [0.2, 0.25) is 10.2 Å². The van der Waals surface area contributed by atoms with Crippen molar-refractivity contribution in [1.29, 1.82) is 0 Å². The van der Waals surface area contributed by atoms with E-state index in [9.17, 15) is 8.78 Å². The van der Waals surface area contributed by atoms with Crippen molar-refractivity contribution in [1.82, 2.24) is 9.97 Å². The zero-order valence-corrected chi connectivity index (χ0v) is 12.3. The standard InChI is InChI=1S/C15H8Cl2F2N2/c1-7-4-8(6-9(18)5-7)15-20-13-11(19)3-2-10(16)12(13)14(17)21-15/h2-6H,1H3. The van der Waals surface area contributed by atoms with Gasteiger partial charge in [0.15, 0.2) is 5.82 Å². The number of nitrogens with zero attached hydrogens (tertiary/aromatic N) is 2. The summed E-state index contributed by atoms with van der Waals surface area (Å²) < 4.78 is 27.4. The van der Waals surface area contributed by atoms with Gasteiger partial charge in [0.05, 0.1) is 10.4 Å². The van der Waals surface area contributed by atoms with Crippen LogP contribution >= 0.6 is 23.2 Å². The van der Waals surface area contributed by atoms with Gasteiger partial charge in [0.25, 0.3) is 0 Å². The third-order valence-corrected chi connectivity index (χ3v) is 3.59. The number of hydrogen-bond acceptors (Lipinski definition) is 2. The van der Waals surface area contributed by atoms with Crippen molar-refractivity contribution >= 4 is 34.1 Å². The second-order valence-electron chi connectivity index (χ2n) is 4.61. The van der Waals surface area contributed by atoms with Gasteiger partial charge in [0.2, 0.25) is 0 Å². The number of aryl methyl sites for hydroxylation is 1. The van der Waals surface area contributed by atoms with Crippen molar-refractivity contribution in [2.45, 2.75) is 6.92 Å². The molecule has 0 spiro atoms. The maximum absolute atomic E-state index is 13.9. The van der Waals surface area contributed by atoms with Gasteiger partial charge in [-0.05, 0) is 42.8 Å². The SMILES string of the molecule is Cc1cc(F)cc(-c2nc(Cl)c3c(Cl)ccc(F)c3n2)c1. The molecule has 2 aromatic carbocycles. The fraction of sp³-hybridized carbons (Fsp3) is 0.0667. The Bertz CT molecular complexity index is 846. The first-order valence-corrected chi connectivity index (χ1v) is 6.80. The first-order valence-electron chi connectivity index (χ1n) is 6.04. The summed E-state index contributed by atoms with van der Waals surface area (Å²) in [6, 6.07) is 6.94. The van der Waals surface area contributed by atoms with Gasteiger partial charge < -0.3 is 0 Å². The van der Waals surface area contributed by atoms with E-state index >= 15 is 0 Å². The minimum atomic E-state index is -0.562. The lowest BCUT2D eigenvalue weighted by molar-refractivity contribution is 0.627. The van der Waals surface area contributed by atoms with E-state index in [-0.39, 0.29) is 26.9 Å². The molecule has 0 atom stereocenters. The summed E-state index contributed by atoms with van der Waals surface area (Å²) in [5.74, 6) is -0.833. The number of fused-ring (bicyclic) bond motifs is 1. The van der Waals surface area contributed by atoms with Gasteiger partial charge in [-0.2, -0.15) is 0 Å². The quantitative estimate of drug-likeness (QED) is 0.575. The molecule has 21 heavy (non-hydrogen) atoms. The van der Waals surface area contributed by atoms with E-state index in [0.717, 1.165) is 0 Å². The zero-order chi connectivity index (χ0) is 15.1. The molecule has 106 valence electrons. The first kappa shape index (κ1) is 14.2. The molecule has 0 amide bonds. The number of aromatic nitrogens is 2. The second kappa shape index (κ2) is 5.20. The average molecular weight is 325 g/mol. The van der Waals surface area contributed by atoms with Gasteiger partial charge in [-0.3, -0.25) is 0 Å². The maximum atomic E-state index is 13.9. The van der Waals surface area contributed by atoms with E-state index in [1.807, 2.05) is 0 Å². The Kier molecular flexibility index (Phi) is 3.51. The Hall–Kier alpha value is -1.78. The summed E-state index contributed by atoms with van der Waals surface area (Å²) in [5.41, 5.74) is 1.14. The van der Waals surface area contributed by atoms with Crippen LogP contribution in [0.3, 0.4) is 0 Å². The molecular formula is C15H8Cl2F2N2. The summed E-state index contributed by atoms with van der Waals surface area (Å²) in [5, 5.41) is 0.537. The number of halogens is 4. The number of rotatable bonds is 1. The predicted octanol–water partition coefficient (Wildman–Crippen LogP) is 5.19. The van der Waals surface area contributed by atoms with Crippen LogP contribution in [0.15, 0.2) is 30.3 Å². The molecule has 3 aromatic rings. The highest BCUT2D eigenvalue weighted by molar-refractivity contribution is 6.41. The van der Waals surface area contributed by atoms with Gasteiger partial charge in [0, 0.05) is 5.56 Å². The fourth-order valence-corrected chi connectivity index (χ4v) is 2.68. The average Bonchev–Trinajstić information content (AvgIpc) is 2.41. The monoisotopic (exact) mass is 324 g/mol. The lowest BCUT2D eigenvalue weighted by Crippen LogP contribution is -1.95. The fourth-order valence-electron chi connectivity index (χ4n) is 2.12. The Morgan fingerprint density at radius 3 is 2.48 bits per heavy atom. The third kappa shape index (κ3) is 2.57. The van der Waals surface area contributed by atoms with Crippen LogP contribution in [0.1, 0.15) is 5.56 Å². The van der Waals surface area contributed by atoms with Gasteiger partial charge in [-0.1, -0.05) is 23.2 Å². The van der Waals surface area contributed by atoms with Crippen LogP contribution in [0, 0.1) is 18.6 Å². The Labute approximate surface area is 129 Å². The lowest BCUT2D eigenvalue weighted by atomic mass is 10.1. The molecule has 0 saturated carbocycles. The Morgan fingerprint density at radius 2 is 1.76 bits per heavy atom. The van der Waals surface area contributed by atoms with E-state index < -0.39 is 11.6 Å². The topological polar surface area (TPSA) is 25.8 Å². The van der Waals surface area contributed by atoms with Gasteiger partial charge in [0.1, 0.15) is 22.3 Å². The largest absolute Gasteiger partial charge is 0.225 e. The smallest absolute Gasteiger partial charge is 0.161 e. The van der Waals surface area contributed by atoms with Crippen LogP contribution < -0.4 is 0 Å². The highest BCUT2D eigenvalue weighted by atomic mass is 35.5. The maximum Gasteiger partial charge on any atom is 0.161 e. The predicted molar refractivity (Wildman–Crippen MR) is 79.6 cm³/mol. The summed E-state index contributed by atoms with van der Waals surface area (Å²) in [7, 11) is 0. The van der Waals surface area contributed by atoms with E-state index in [0.29, 0.717) is 11.1 Å². The van der Waals surface area contributed by atoms with Crippen molar-refractivity contribution in [3.8, 4) is 11.4 Å². The Morgan fingerprint density at radius 1 is 1.00 bits per heavy atom. The summed E-state index contributed by atoms with van der Waals surface area (Å²) in [6.07, 6.45) is 0. The molecule has 6 heteroatoms. The van der Waals surface area contributed by atoms with Crippen LogP contribution in [-0.4, -0.2) is 9.97 Å². The minimum absolute atomic E-state index is 0.0133. The molecule has 1 aromatic heterocycles. The molecule has 0 saturated heterocycles. The molecule has 1 heterocycles. The van der Waals surface area contributed by atoms with Crippen molar-refractivity contribution in [2.75, 3.05) is 0 Å². The van der Waals surface area contributed by atoms with E-state index in [2.05, 4.69) is 9.97 Å². The highest BCUT2D eigenvalue weighted by Gasteiger charge is 2.14. The molecule has 2 nitrogen and oxygen atoms in total. The zero-order valence-electron chi connectivity index (χ0n) is 10.8. The lowest BCUT2D eigenvalue weighted by Gasteiger charge is -2.07. The van der Waals surface area contributed by atoms with Crippen molar-refractivity contribution < 1.29 is 8.78 Å². The number of hydrogen-bond donors (Lipinski definition) is 0. The molecule has 0 aliphatic rings. The third-order valence-electron chi connectivity index (χ3n) is 3.01. The molecule has 0 bridgehead atoms. The normalized spacial score (nSPS) is 11.1. The molecule has 0 unspecified atom stereocenters. The molecule has 0 N–H and O–H groups in total. The second-order valence-corrected chi connectivity index (χ2v) is 5.37. The molecule has 0 radical (unpaired) electrons. The molecule has 3 rings (SSSR count). The van der Waals surface area contributed by atoms with Crippen molar-refractivity contribution in [3.63, 3.8) is 0 Å². The van der Waals surface area contributed by atoms with Gasteiger partial charge in [-0.15, -0.1) is 0 Å². The highest BCUT2D eigenvalue weighted by Crippen LogP contribution is 2.32. The minimum Gasteiger partial charge on any atom is -0.225 e. The van der Waals surface area contributed by atoms with Gasteiger partial charge >= 0.3 is 0 Å². The Balaban J connectivity index is 2.32. The molecular weight excluding hydrogens is 317 g/mol. The van der Waals surface area contributed by atoms with E-state index in [1.54, 1.807) is 13.0 Å². The van der Waals surface area contributed by atoms with E-state index in [4.69, 9.17) is 23.2 Å². The van der Waals surface area contributed by atoms with Crippen LogP contribution in [0.25, 0.3) is 22.3 Å². The van der Waals surface area contributed by atoms with Crippen LogP contribution in [-0.2, 0) is 0 Å². The number of benzene rings is 2. The van der Waals surface area contributed by atoms with Crippen LogP contribution in [0.5, 0.6) is 0 Å².